The monoisotopic (exact) mass is 339 g/mol. The minimum Gasteiger partial charge on any atom is -0.352 e. The third-order valence-electron chi connectivity index (χ3n) is 4.73. The molecule has 1 heterocycles. The lowest BCUT2D eigenvalue weighted by Crippen LogP contribution is -2.48. The van der Waals surface area contributed by atoms with Gasteiger partial charge in [0.25, 0.3) is 0 Å². The summed E-state index contributed by atoms with van der Waals surface area (Å²) in [4.78, 5) is 14.6. The minimum atomic E-state index is 0. The Labute approximate surface area is 141 Å². The minimum absolute atomic E-state index is 0. The van der Waals surface area contributed by atoms with Crippen LogP contribution in [-0.2, 0) is 4.79 Å². The summed E-state index contributed by atoms with van der Waals surface area (Å²) in [6, 6.07) is 0.582. The van der Waals surface area contributed by atoms with Crippen molar-refractivity contribution in [3.8, 4) is 0 Å². The molecule has 0 bridgehead atoms. The molecule has 1 aliphatic carbocycles. The summed E-state index contributed by atoms with van der Waals surface area (Å²) in [5, 5.41) is 3.21. The Morgan fingerprint density at radius 1 is 1.19 bits per heavy atom. The number of hydrogen-bond acceptors (Lipinski definition) is 3. The van der Waals surface area contributed by atoms with E-state index in [4.69, 9.17) is 5.73 Å². The van der Waals surface area contributed by atoms with Crippen molar-refractivity contribution in [3.63, 3.8) is 0 Å². The Kier molecular flexibility index (Phi) is 10.6. The van der Waals surface area contributed by atoms with E-state index >= 15 is 0 Å². The van der Waals surface area contributed by atoms with Crippen LogP contribution in [0.25, 0.3) is 0 Å². The fourth-order valence-electron chi connectivity index (χ4n) is 3.48. The number of halogens is 2. The Bertz CT molecular complexity index is 305. The zero-order valence-electron chi connectivity index (χ0n) is 13.1. The molecule has 1 amide bonds. The smallest absolute Gasteiger partial charge is 0.220 e. The summed E-state index contributed by atoms with van der Waals surface area (Å²) < 4.78 is 0. The maximum Gasteiger partial charge on any atom is 0.220 e. The van der Waals surface area contributed by atoms with Crippen LogP contribution < -0.4 is 11.1 Å². The van der Waals surface area contributed by atoms with Crippen molar-refractivity contribution < 1.29 is 4.79 Å². The van der Waals surface area contributed by atoms with Gasteiger partial charge in [-0.2, -0.15) is 0 Å². The number of rotatable bonds is 4. The lowest BCUT2D eigenvalue weighted by Gasteiger charge is -2.33. The van der Waals surface area contributed by atoms with Gasteiger partial charge in [0.1, 0.15) is 0 Å². The van der Waals surface area contributed by atoms with Crippen molar-refractivity contribution in [1.29, 1.82) is 0 Å². The van der Waals surface area contributed by atoms with E-state index in [2.05, 4.69) is 17.1 Å². The van der Waals surface area contributed by atoms with Crippen LogP contribution in [0, 0.1) is 5.92 Å². The van der Waals surface area contributed by atoms with Crippen LogP contribution in [0.5, 0.6) is 0 Å². The molecule has 0 radical (unpaired) electrons. The van der Waals surface area contributed by atoms with E-state index in [1.165, 1.54) is 25.8 Å². The number of nitrogens with zero attached hydrogens (tertiary/aromatic N) is 1. The molecule has 21 heavy (non-hydrogen) atoms. The molecule has 2 rings (SSSR count). The largest absolute Gasteiger partial charge is 0.352 e. The molecule has 1 aliphatic heterocycles. The van der Waals surface area contributed by atoms with Gasteiger partial charge in [-0.25, -0.2) is 0 Å². The average molecular weight is 340 g/mol. The van der Waals surface area contributed by atoms with E-state index in [0.29, 0.717) is 18.4 Å². The molecule has 3 unspecified atom stereocenters. The van der Waals surface area contributed by atoms with E-state index in [1.807, 2.05) is 0 Å². The molecule has 0 spiro atoms. The maximum atomic E-state index is 12.1. The second-order valence-corrected chi connectivity index (χ2v) is 6.21. The topological polar surface area (TPSA) is 58.4 Å². The average Bonchev–Trinajstić information content (AvgIpc) is 2.41. The van der Waals surface area contributed by atoms with Gasteiger partial charge in [0.05, 0.1) is 0 Å². The van der Waals surface area contributed by atoms with Gasteiger partial charge in [-0.3, -0.25) is 4.79 Å². The van der Waals surface area contributed by atoms with Crippen molar-refractivity contribution in [1.82, 2.24) is 10.2 Å². The molecule has 4 nitrogen and oxygen atoms in total. The molecule has 126 valence electrons. The standard InChI is InChI=1S/C15H29N3O.2ClH/c1-2-18-9-5-7-13(11-18)17-15(19)10-12-6-3-4-8-14(12)16;;/h12-14H,2-11,16H2,1H3,(H,17,19);2*1H. The Morgan fingerprint density at radius 2 is 1.90 bits per heavy atom. The first-order valence-corrected chi connectivity index (χ1v) is 7.96. The number of likely N-dealkylation sites (N-methyl/N-ethyl adjacent to an activating group) is 1. The number of nitrogens with one attached hydrogen (secondary N) is 1. The van der Waals surface area contributed by atoms with Crippen LogP contribution in [0.15, 0.2) is 0 Å². The SMILES string of the molecule is CCN1CCCC(NC(=O)CC2CCCCC2N)C1.Cl.Cl. The van der Waals surface area contributed by atoms with Gasteiger partial charge in [0.2, 0.25) is 5.91 Å². The number of likely N-dealkylation sites (tertiary alicyclic amines) is 1. The molecule has 6 heteroatoms. The number of nitrogens with two attached hydrogens (primary N) is 1. The highest BCUT2D eigenvalue weighted by atomic mass is 35.5. The van der Waals surface area contributed by atoms with Gasteiger partial charge < -0.3 is 16.0 Å². The Hall–Kier alpha value is -0.0300. The first-order chi connectivity index (χ1) is 9.19. The summed E-state index contributed by atoms with van der Waals surface area (Å²) in [6.07, 6.45) is 7.63. The number of amides is 1. The van der Waals surface area contributed by atoms with Crippen molar-refractivity contribution >= 4 is 30.7 Å². The van der Waals surface area contributed by atoms with Gasteiger partial charge >= 0.3 is 0 Å². The molecule has 1 saturated carbocycles. The molecule has 3 N–H and O–H groups in total. The lowest BCUT2D eigenvalue weighted by atomic mass is 9.83. The molecular formula is C15H31Cl2N3O. The van der Waals surface area contributed by atoms with Gasteiger partial charge in [-0.15, -0.1) is 24.8 Å². The maximum absolute atomic E-state index is 12.1. The van der Waals surface area contributed by atoms with E-state index in [9.17, 15) is 4.79 Å². The number of carbonyl (C=O) groups is 1. The van der Waals surface area contributed by atoms with Gasteiger partial charge in [0, 0.05) is 25.0 Å². The van der Waals surface area contributed by atoms with Crippen molar-refractivity contribution in [3.05, 3.63) is 0 Å². The Balaban J connectivity index is 0.00000200. The number of piperidine rings is 1. The van der Waals surface area contributed by atoms with Crippen LogP contribution in [0.3, 0.4) is 0 Å². The highest BCUT2D eigenvalue weighted by Gasteiger charge is 2.26. The van der Waals surface area contributed by atoms with Crippen LogP contribution in [-0.4, -0.2) is 42.5 Å². The molecule has 2 fully saturated rings. The Morgan fingerprint density at radius 3 is 2.57 bits per heavy atom. The van der Waals surface area contributed by atoms with Crippen molar-refractivity contribution in [2.75, 3.05) is 19.6 Å². The summed E-state index contributed by atoms with van der Waals surface area (Å²) in [5.74, 6) is 0.616. The second kappa shape index (κ2) is 10.7. The predicted octanol–water partition coefficient (Wildman–Crippen LogP) is 2.34. The number of carbonyl (C=O) groups excluding carboxylic acids is 1. The summed E-state index contributed by atoms with van der Waals surface area (Å²) in [7, 11) is 0. The van der Waals surface area contributed by atoms with Crippen molar-refractivity contribution in [2.24, 2.45) is 11.7 Å². The third-order valence-corrected chi connectivity index (χ3v) is 4.73. The molecule has 3 atom stereocenters. The summed E-state index contributed by atoms with van der Waals surface area (Å²) >= 11 is 0. The first-order valence-electron chi connectivity index (χ1n) is 7.96. The summed E-state index contributed by atoms with van der Waals surface area (Å²) in [6.45, 7) is 5.46. The summed E-state index contributed by atoms with van der Waals surface area (Å²) in [5.41, 5.74) is 6.12. The molecule has 0 aromatic carbocycles. The first kappa shape index (κ1) is 21.0. The molecule has 0 aromatic heterocycles. The quantitative estimate of drug-likeness (QED) is 0.826. The number of hydrogen-bond donors (Lipinski definition) is 2. The van der Waals surface area contributed by atoms with E-state index in [0.717, 1.165) is 32.4 Å². The second-order valence-electron chi connectivity index (χ2n) is 6.21. The molecule has 1 saturated heterocycles. The van der Waals surface area contributed by atoms with Gasteiger partial charge in [-0.05, 0) is 44.7 Å². The normalized spacial score (nSPS) is 29.9. The van der Waals surface area contributed by atoms with Crippen molar-refractivity contribution in [2.45, 2.75) is 64.0 Å². The van der Waals surface area contributed by atoms with Crippen LogP contribution in [0.4, 0.5) is 0 Å². The van der Waals surface area contributed by atoms with Gasteiger partial charge in [0.15, 0.2) is 0 Å². The third kappa shape index (κ3) is 6.72. The highest BCUT2D eigenvalue weighted by molar-refractivity contribution is 5.85. The fraction of sp³-hybridized carbons (Fsp3) is 0.933. The fourth-order valence-corrected chi connectivity index (χ4v) is 3.48. The van der Waals surface area contributed by atoms with Crippen LogP contribution >= 0.6 is 24.8 Å². The van der Waals surface area contributed by atoms with Crippen LogP contribution in [0.2, 0.25) is 0 Å². The van der Waals surface area contributed by atoms with E-state index in [1.54, 1.807) is 0 Å². The van der Waals surface area contributed by atoms with Gasteiger partial charge in [-0.1, -0.05) is 19.8 Å². The van der Waals surface area contributed by atoms with Crippen LogP contribution in [0.1, 0.15) is 51.9 Å². The predicted molar refractivity (Wildman–Crippen MR) is 92.3 cm³/mol. The zero-order chi connectivity index (χ0) is 13.7. The highest BCUT2D eigenvalue weighted by Crippen LogP contribution is 2.25. The lowest BCUT2D eigenvalue weighted by molar-refractivity contribution is -0.123. The van der Waals surface area contributed by atoms with E-state index in [-0.39, 0.29) is 36.8 Å². The van der Waals surface area contributed by atoms with E-state index < -0.39 is 0 Å². The molecular weight excluding hydrogens is 309 g/mol. The molecule has 0 aromatic rings. The molecule has 2 aliphatic rings. The zero-order valence-corrected chi connectivity index (χ0v) is 14.7.